The molecule has 2 rings (SSSR count). The molecule has 0 aromatic heterocycles. The Balaban J connectivity index is 2.13. The first-order chi connectivity index (χ1) is 9.88. The molecule has 0 amide bonds. The maximum Gasteiger partial charge on any atom is 0.200 e. The SMILES string of the molecule is Cc1ccc(C)c(C(=O)COc2cc(C)c(Cl)c(C)c2)c1. The summed E-state index contributed by atoms with van der Waals surface area (Å²) in [4.78, 5) is 12.3. The van der Waals surface area contributed by atoms with Crippen LogP contribution in [-0.4, -0.2) is 12.4 Å². The zero-order chi connectivity index (χ0) is 15.6. The summed E-state index contributed by atoms with van der Waals surface area (Å²) < 4.78 is 5.63. The second-order valence-electron chi connectivity index (χ2n) is 5.40. The fourth-order valence-electron chi connectivity index (χ4n) is 2.25. The van der Waals surface area contributed by atoms with Crippen molar-refractivity contribution in [3.63, 3.8) is 0 Å². The van der Waals surface area contributed by atoms with E-state index in [2.05, 4.69) is 0 Å². The van der Waals surface area contributed by atoms with Crippen LogP contribution >= 0.6 is 11.6 Å². The van der Waals surface area contributed by atoms with Crippen molar-refractivity contribution in [1.29, 1.82) is 0 Å². The maximum atomic E-state index is 12.3. The molecule has 0 aliphatic heterocycles. The van der Waals surface area contributed by atoms with E-state index in [1.165, 1.54) is 0 Å². The Morgan fingerprint density at radius 3 is 2.24 bits per heavy atom. The van der Waals surface area contributed by atoms with Crippen LogP contribution in [0.3, 0.4) is 0 Å². The fourth-order valence-corrected chi connectivity index (χ4v) is 2.36. The van der Waals surface area contributed by atoms with E-state index in [4.69, 9.17) is 16.3 Å². The Kier molecular flexibility index (Phi) is 4.69. The third-order valence-corrected chi connectivity index (χ3v) is 4.07. The maximum absolute atomic E-state index is 12.3. The van der Waals surface area contributed by atoms with Gasteiger partial charge in [0.25, 0.3) is 0 Å². The molecule has 0 bridgehead atoms. The largest absolute Gasteiger partial charge is 0.485 e. The summed E-state index contributed by atoms with van der Waals surface area (Å²) >= 11 is 6.12. The Bertz CT molecular complexity index is 667. The van der Waals surface area contributed by atoms with E-state index in [1.807, 2.05) is 58.0 Å². The first-order valence-corrected chi connectivity index (χ1v) is 7.26. The molecule has 0 spiro atoms. The fraction of sp³-hybridized carbons (Fsp3) is 0.278. The number of ether oxygens (including phenoxy) is 1. The van der Waals surface area contributed by atoms with Crippen molar-refractivity contribution < 1.29 is 9.53 Å². The molecule has 3 heteroatoms. The smallest absolute Gasteiger partial charge is 0.200 e. The molecule has 0 saturated carbocycles. The average molecular weight is 303 g/mol. The number of ketones is 1. The molecule has 0 aliphatic rings. The van der Waals surface area contributed by atoms with Gasteiger partial charge < -0.3 is 4.74 Å². The number of benzene rings is 2. The minimum Gasteiger partial charge on any atom is -0.485 e. The molecule has 0 fully saturated rings. The molecule has 2 nitrogen and oxygen atoms in total. The van der Waals surface area contributed by atoms with Gasteiger partial charge in [-0.1, -0.05) is 29.3 Å². The molecule has 0 atom stereocenters. The number of halogens is 1. The van der Waals surface area contributed by atoms with Gasteiger partial charge in [0.15, 0.2) is 12.4 Å². The molecule has 0 heterocycles. The zero-order valence-electron chi connectivity index (χ0n) is 12.8. The second kappa shape index (κ2) is 6.31. The van der Waals surface area contributed by atoms with E-state index in [-0.39, 0.29) is 12.4 Å². The van der Waals surface area contributed by atoms with E-state index < -0.39 is 0 Å². The molecular formula is C18H19ClO2. The van der Waals surface area contributed by atoms with E-state index in [9.17, 15) is 4.79 Å². The number of hydrogen-bond acceptors (Lipinski definition) is 2. The topological polar surface area (TPSA) is 26.3 Å². The van der Waals surface area contributed by atoms with Gasteiger partial charge >= 0.3 is 0 Å². The molecule has 0 unspecified atom stereocenters. The monoisotopic (exact) mass is 302 g/mol. The number of rotatable bonds is 4. The van der Waals surface area contributed by atoms with Crippen LogP contribution in [0, 0.1) is 27.7 Å². The highest BCUT2D eigenvalue weighted by molar-refractivity contribution is 6.32. The quantitative estimate of drug-likeness (QED) is 0.756. The zero-order valence-corrected chi connectivity index (χ0v) is 13.5. The summed E-state index contributed by atoms with van der Waals surface area (Å²) in [5, 5.41) is 0.739. The van der Waals surface area contributed by atoms with Crippen LogP contribution in [0.4, 0.5) is 0 Å². The number of carbonyl (C=O) groups is 1. The van der Waals surface area contributed by atoms with Gasteiger partial charge in [-0.25, -0.2) is 0 Å². The number of aryl methyl sites for hydroxylation is 4. The third-order valence-electron chi connectivity index (χ3n) is 3.47. The minimum atomic E-state index is -0.0125. The summed E-state index contributed by atoms with van der Waals surface area (Å²) in [5.41, 5.74) is 4.66. The van der Waals surface area contributed by atoms with Crippen molar-refractivity contribution in [2.24, 2.45) is 0 Å². The van der Waals surface area contributed by atoms with Crippen LogP contribution < -0.4 is 4.74 Å². The van der Waals surface area contributed by atoms with Gasteiger partial charge in [0.1, 0.15) is 5.75 Å². The van der Waals surface area contributed by atoms with Gasteiger partial charge in [0, 0.05) is 10.6 Å². The van der Waals surface area contributed by atoms with Crippen LogP contribution in [0.5, 0.6) is 5.75 Å². The lowest BCUT2D eigenvalue weighted by Crippen LogP contribution is -2.13. The van der Waals surface area contributed by atoms with Crippen LogP contribution in [0.2, 0.25) is 5.02 Å². The molecule has 2 aromatic carbocycles. The predicted octanol–water partition coefficient (Wildman–Crippen LogP) is 4.84. The van der Waals surface area contributed by atoms with Crippen LogP contribution in [0.25, 0.3) is 0 Å². The highest BCUT2D eigenvalue weighted by atomic mass is 35.5. The van der Waals surface area contributed by atoms with Crippen molar-refractivity contribution in [2.75, 3.05) is 6.61 Å². The standard InChI is InChI=1S/C18H19ClO2/c1-11-5-6-12(2)16(7-11)17(20)10-21-15-8-13(3)18(19)14(4)9-15/h5-9H,10H2,1-4H3. The van der Waals surface area contributed by atoms with Crippen molar-refractivity contribution >= 4 is 17.4 Å². The van der Waals surface area contributed by atoms with Gasteiger partial charge in [-0.05, 0) is 62.6 Å². The lowest BCUT2D eigenvalue weighted by molar-refractivity contribution is 0.0920. The van der Waals surface area contributed by atoms with Crippen molar-refractivity contribution in [1.82, 2.24) is 0 Å². The second-order valence-corrected chi connectivity index (χ2v) is 5.78. The minimum absolute atomic E-state index is 0.0125. The summed E-state index contributed by atoms with van der Waals surface area (Å²) in [7, 11) is 0. The lowest BCUT2D eigenvalue weighted by atomic mass is 10.0. The molecule has 0 N–H and O–H groups in total. The molecular weight excluding hydrogens is 284 g/mol. The number of hydrogen-bond donors (Lipinski definition) is 0. The Morgan fingerprint density at radius 2 is 1.62 bits per heavy atom. The molecule has 0 aliphatic carbocycles. The van der Waals surface area contributed by atoms with Gasteiger partial charge in [0.2, 0.25) is 0 Å². The average Bonchev–Trinajstić information content (AvgIpc) is 2.44. The Morgan fingerprint density at radius 1 is 1.00 bits per heavy atom. The van der Waals surface area contributed by atoms with E-state index >= 15 is 0 Å². The van der Waals surface area contributed by atoms with Gasteiger partial charge in [-0.2, -0.15) is 0 Å². The summed E-state index contributed by atoms with van der Waals surface area (Å²) in [6.45, 7) is 7.79. The summed E-state index contributed by atoms with van der Waals surface area (Å²) in [6, 6.07) is 9.56. The first kappa shape index (κ1) is 15.6. The van der Waals surface area contributed by atoms with Crippen molar-refractivity contribution in [3.05, 3.63) is 63.2 Å². The van der Waals surface area contributed by atoms with Crippen LogP contribution in [0.15, 0.2) is 30.3 Å². The van der Waals surface area contributed by atoms with Gasteiger partial charge in [-0.15, -0.1) is 0 Å². The number of carbonyl (C=O) groups excluding carboxylic acids is 1. The summed E-state index contributed by atoms with van der Waals surface area (Å²) in [5.74, 6) is 0.662. The normalized spacial score (nSPS) is 10.5. The first-order valence-electron chi connectivity index (χ1n) is 6.88. The molecule has 2 aromatic rings. The highest BCUT2D eigenvalue weighted by Gasteiger charge is 2.11. The van der Waals surface area contributed by atoms with Gasteiger partial charge in [0.05, 0.1) is 0 Å². The Labute approximate surface area is 130 Å². The van der Waals surface area contributed by atoms with E-state index in [1.54, 1.807) is 0 Å². The molecule has 21 heavy (non-hydrogen) atoms. The van der Waals surface area contributed by atoms with Crippen molar-refractivity contribution in [3.8, 4) is 5.75 Å². The van der Waals surface area contributed by atoms with E-state index in [0.717, 1.165) is 32.8 Å². The third kappa shape index (κ3) is 3.64. The van der Waals surface area contributed by atoms with Crippen LogP contribution in [-0.2, 0) is 0 Å². The van der Waals surface area contributed by atoms with Crippen molar-refractivity contribution in [2.45, 2.75) is 27.7 Å². The molecule has 0 saturated heterocycles. The predicted molar refractivity (Wildman–Crippen MR) is 86.7 cm³/mol. The lowest BCUT2D eigenvalue weighted by Gasteiger charge is -2.11. The van der Waals surface area contributed by atoms with Gasteiger partial charge in [-0.3, -0.25) is 4.79 Å². The Hall–Kier alpha value is -1.80. The number of Topliss-reactive ketones (excluding diaryl/α,β-unsaturated/α-hetero) is 1. The van der Waals surface area contributed by atoms with E-state index in [0.29, 0.717) is 5.75 Å². The van der Waals surface area contributed by atoms with Crippen LogP contribution in [0.1, 0.15) is 32.6 Å². The molecule has 0 radical (unpaired) electrons. The summed E-state index contributed by atoms with van der Waals surface area (Å²) in [6.07, 6.45) is 0. The highest BCUT2D eigenvalue weighted by Crippen LogP contribution is 2.26. The molecule has 110 valence electrons.